The molecule has 1 heterocycles. The molecule has 2 aromatic rings. The molecule has 0 radical (unpaired) electrons. The maximum atomic E-state index is 12.9. The molecular formula is C19H18O3S. The number of ether oxygens (including phenoxy) is 1. The van der Waals surface area contributed by atoms with Crippen LogP contribution in [0.1, 0.15) is 17.9 Å². The Hall–Kier alpha value is -2.07. The molecule has 0 saturated carbocycles. The minimum absolute atomic E-state index is 0.202. The molecule has 118 valence electrons. The van der Waals surface area contributed by atoms with Gasteiger partial charge in [0.1, 0.15) is 5.75 Å². The van der Waals surface area contributed by atoms with E-state index in [9.17, 15) is 8.42 Å². The summed E-state index contributed by atoms with van der Waals surface area (Å²) in [6.45, 7) is 0.621. The zero-order valence-corrected chi connectivity index (χ0v) is 13.4. The second-order valence-electron chi connectivity index (χ2n) is 6.14. The number of benzene rings is 2. The Bertz CT molecular complexity index is 840. The van der Waals surface area contributed by atoms with Crippen molar-refractivity contribution in [1.29, 1.82) is 0 Å². The van der Waals surface area contributed by atoms with Crippen LogP contribution in [0.25, 0.3) is 0 Å². The summed E-state index contributed by atoms with van der Waals surface area (Å²) in [5.74, 6) is 1.35. The zero-order valence-electron chi connectivity index (χ0n) is 12.6. The van der Waals surface area contributed by atoms with Gasteiger partial charge in [-0.3, -0.25) is 0 Å². The van der Waals surface area contributed by atoms with Crippen molar-refractivity contribution >= 4 is 9.84 Å². The molecule has 0 saturated heterocycles. The largest absolute Gasteiger partial charge is 0.493 e. The van der Waals surface area contributed by atoms with Gasteiger partial charge in [-0.25, -0.2) is 8.42 Å². The zero-order chi connectivity index (χ0) is 15.9. The fourth-order valence-corrected chi connectivity index (χ4v) is 5.20. The lowest BCUT2D eigenvalue weighted by Crippen LogP contribution is -2.33. The van der Waals surface area contributed by atoms with Crippen LogP contribution >= 0.6 is 0 Å². The van der Waals surface area contributed by atoms with E-state index in [1.165, 1.54) is 0 Å². The Kier molecular flexibility index (Phi) is 3.49. The first-order valence-electron chi connectivity index (χ1n) is 7.85. The lowest BCUT2D eigenvalue weighted by Gasteiger charge is -2.36. The molecule has 0 bridgehead atoms. The Balaban J connectivity index is 1.70. The van der Waals surface area contributed by atoms with Crippen molar-refractivity contribution in [2.45, 2.75) is 22.5 Å². The normalized spacial score (nSPS) is 26.0. The summed E-state index contributed by atoms with van der Waals surface area (Å²) in [5, 5.41) is -0.475. The van der Waals surface area contributed by atoms with E-state index in [2.05, 4.69) is 6.07 Å². The highest BCUT2D eigenvalue weighted by Gasteiger charge is 2.38. The van der Waals surface area contributed by atoms with Gasteiger partial charge in [0.25, 0.3) is 0 Å². The molecule has 0 unspecified atom stereocenters. The summed E-state index contributed by atoms with van der Waals surface area (Å²) in [6.07, 6.45) is 4.48. The van der Waals surface area contributed by atoms with E-state index in [0.29, 0.717) is 17.9 Å². The summed E-state index contributed by atoms with van der Waals surface area (Å²) in [6, 6.07) is 16.7. The van der Waals surface area contributed by atoms with Gasteiger partial charge in [-0.1, -0.05) is 48.6 Å². The van der Waals surface area contributed by atoms with Crippen molar-refractivity contribution in [3.05, 3.63) is 72.3 Å². The van der Waals surface area contributed by atoms with Crippen LogP contribution in [0.3, 0.4) is 0 Å². The monoisotopic (exact) mass is 326 g/mol. The Morgan fingerprint density at radius 3 is 2.48 bits per heavy atom. The summed E-state index contributed by atoms with van der Waals surface area (Å²) >= 11 is 0. The molecule has 0 N–H and O–H groups in total. The highest BCUT2D eigenvalue weighted by Crippen LogP contribution is 2.44. The van der Waals surface area contributed by atoms with Gasteiger partial charge in [0.2, 0.25) is 0 Å². The summed E-state index contributed by atoms with van der Waals surface area (Å²) < 4.78 is 31.6. The maximum Gasteiger partial charge on any atom is 0.184 e. The van der Waals surface area contributed by atoms with Crippen LogP contribution in [-0.4, -0.2) is 20.3 Å². The van der Waals surface area contributed by atoms with Crippen molar-refractivity contribution in [1.82, 2.24) is 0 Å². The smallest absolute Gasteiger partial charge is 0.184 e. The fraction of sp³-hybridized carbons (Fsp3) is 0.263. The standard InChI is InChI=1S/C19H18O3S/c20-23(21,15-6-2-1-3-7-15)16-11-10-14-13-22-19-9-5-4-8-17(19)18(14)12-16/h1-11,14,16,18H,12-13H2/t14-,16-,18-/m1/s1. The minimum atomic E-state index is -3.34. The van der Waals surface area contributed by atoms with E-state index in [-0.39, 0.29) is 11.8 Å². The van der Waals surface area contributed by atoms with Crippen LogP contribution < -0.4 is 4.74 Å². The molecular weight excluding hydrogens is 308 g/mol. The fourth-order valence-electron chi connectivity index (χ4n) is 3.55. The first-order valence-corrected chi connectivity index (χ1v) is 9.40. The van der Waals surface area contributed by atoms with E-state index in [0.717, 1.165) is 11.3 Å². The molecule has 2 aliphatic rings. The molecule has 23 heavy (non-hydrogen) atoms. The van der Waals surface area contributed by atoms with Crippen molar-refractivity contribution in [3.8, 4) is 5.75 Å². The first kappa shape index (κ1) is 14.5. The molecule has 4 heteroatoms. The SMILES string of the molecule is O=S(=O)(c1ccccc1)[C@@H]1C=C[C@@H]2COc3ccccc3[C@@H]2C1. The predicted octanol–water partition coefficient (Wildman–Crippen LogP) is 3.58. The van der Waals surface area contributed by atoms with Crippen molar-refractivity contribution in [3.63, 3.8) is 0 Å². The predicted molar refractivity (Wildman–Crippen MR) is 89.3 cm³/mol. The molecule has 2 aromatic carbocycles. The molecule has 1 aliphatic heterocycles. The average Bonchev–Trinajstić information content (AvgIpc) is 2.62. The third-order valence-corrected chi connectivity index (χ3v) is 6.87. The molecule has 1 aliphatic carbocycles. The summed E-state index contributed by atoms with van der Waals surface area (Å²) in [7, 11) is -3.34. The van der Waals surface area contributed by atoms with Gasteiger partial charge in [0, 0.05) is 5.92 Å². The highest BCUT2D eigenvalue weighted by molar-refractivity contribution is 7.92. The topological polar surface area (TPSA) is 43.4 Å². The third-order valence-electron chi connectivity index (χ3n) is 4.80. The quantitative estimate of drug-likeness (QED) is 0.792. The second kappa shape index (κ2) is 5.53. The third kappa shape index (κ3) is 2.47. The van der Waals surface area contributed by atoms with E-state index < -0.39 is 15.1 Å². The van der Waals surface area contributed by atoms with E-state index >= 15 is 0 Å². The van der Waals surface area contributed by atoms with Gasteiger partial charge in [-0.15, -0.1) is 0 Å². The number of hydrogen-bond donors (Lipinski definition) is 0. The van der Waals surface area contributed by atoms with Gasteiger partial charge in [-0.2, -0.15) is 0 Å². The molecule has 0 fully saturated rings. The van der Waals surface area contributed by atoms with Crippen LogP contribution in [-0.2, 0) is 9.84 Å². The minimum Gasteiger partial charge on any atom is -0.493 e. The second-order valence-corrected chi connectivity index (χ2v) is 8.30. The van der Waals surface area contributed by atoms with E-state index in [1.54, 1.807) is 24.3 Å². The van der Waals surface area contributed by atoms with Crippen LogP contribution in [0.5, 0.6) is 5.75 Å². The van der Waals surface area contributed by atoms with E-state index in [1.807, 2.05) is 36.4 Å². The molecule has 0 aromatic heterocycles. The van der Waals surface area contributed by atoms with Crippen molar-refractivity contribution < 1.29 is 13.2 Å². The van der Waals surface area contributed by atoms with Crippen LogP contribution in [0.15, 0.2) is 71.6 Å². The summed E-state index contributed by atoms with van der Waals surface area (Å²) in [5.41, 5.74) is 1.13. The molecule has 0 amide bonds. The lowest BCUT2D eigenvalue weighted by atomic mass is 9.78. The van der Waals surface area contributed by atoms with Gasteiger partial charge >= 0.3 is 0 Å². The van der Waals surface area contributed by atoms with Crippen LogP contribution in [0, 0.1) is 5.92 Å². The molecule has 0 spiro atoms. The van der Waals surface area contributed by atoms with Crippen molar-refractivity contribution in [2.75, 3.05) is 6.61 Å². The van der Waals surface area contributed by atoms with Crippen LogP contribution in [0.2, 0.25) is 0 Å². The molecule has 4 rings (SSSR count). The average molecular weight is 326 g/mol. The number of fused-ring (bicyclic) bond motifs is 3. The van der Waals surface area contributed by atoms with E-state index in [4.69, 9.17) is 4.74 Å². The maximum absolute atomic E-state index is 12.9. The van der Waals surface area contributed by atoms with Gasteiger partial charge < -0.3 is 4.74 Å². The highest BCUT2D eigenvalue weighted by atomic mass is 32.2. The number of para-hydroxylation sites is 1. The Morgan fingerprint density at radius 2 is 1.65 bits per heavy atom. The molecule has 3 atom stereocenters. The molecule has 3 nitrogen and oxygen atoms in total. The Morgan fingerprint density at radius 1 is 0.913 bits per heavy atom. The summed E-state index contributed by atoms with van der Waals surface area (Å²) in [4.78, 5) is 0.397. The number of hydrogen-bond acceptors (Lipinski definition) is 3. The first-order chi connectivity index (χ1) is 11.2. The number of sulfone groups is 1. The van der Waals surface area contributed by atoms with Gasteiger partial charge in [-0.05, 0) is 36.1 Å². The lowest BCUT2D eigenvalue weighted by molar-refractivity contribution is 0.214. The van der Waals surface area contributed by atoms with Crippen molar-refractivity contribution in [2.24, 2.45) is 5.92 Å². The van der Waals surface area contributed by atoms with Gasteiger partial charge in [0.15, 0.2) is 9.84 Å². The Labute approximate surface area is 136 Å². The number of rotatable bonds is 2. The van der Waals surface area contributed by atoms with Crippen LogP contribution in [0.4, 0.5) is 0 Å². The van der Waals surface area contributed by atoms with Gasteiger partial charge in [0.05, 0.1) is 16.8 Å².